The van der Waals surface area contributed by atoms with Gasteiger partial charge in [0.25, 0.3) is 0 Å². The van der Waals surface area contributed by atoms with Gasteiger partial charge in [0.05, 0.1) is 9.83 Å². The molecule has 1 unspecified atom stereocenters. The summed E-state index contributed by atoms with van der Waals surface area (Å²) in [4.78, 5) is 3.91. The van der Waals surface area contributed by atoms with Gasteiger partial charge in [-0.3, -0.25) is 4.90 Å². The third kappa shape index (κ3) is 4.18. The molecule has 5 heteroatoms. The lowest BCUT2D eigenvalue weighted by Crippen LogP contribution is -2.45. The molecule has 1 aliphatic rings. The van der Waals surface area contributed by atoms with Crippen molar-refractivity contribution in [3.8, 4) is 11.5 Å². The van der Waals surface area contributed by atoms with Crippen molar-refractivity contribution in [2.75, 3.05) is 26.2 Å². The molecule has 1 N–H and O–H groups in total. The Kier molecular flexibility index (Phi) is 5.70. The van der Waals surface area contributed by atoms with E-state index in [1.807, 2.05) is 47.7 Å². The lowest BCUT2D eigenvalue weighted by molar-refractivity contribution is 0.200. The van der Waals surface area contributed by atoms with E-state index in [0.29, 0.717) is 0 Å². The molecule has 0 saturated carbocycles. The molecule has 0 spiro atoms. The third-order valence-electron chi connectivity index (χ3n) is 4.53. The second-order valence-electron chi connectivity index (χ2n) is 6.32. The Balaban J connectivity index is 1.65. The van der Waals surface area contributed by atoms with Crippen LogP contribution < -0.4 is 10.1 Å². The van der Waals surface area contributed by atoms with Gasteiger partial charge < -0.3 is 10.1 Å². The Bertz CT molecular complexity index is 846. The van der Waals surface area contributed by atoms with Crippen LogP contribution in [-0.2, 0) is 0 Å². The smallest absolute Gasteiger partial charge is 0.127 e. The third-order valence-corrected chi connectivity index (χ3v) is 6.21. The number of para-hydroxylation sites is 1. The minimum Gasteiger partial charge on any atom is -0.457 e. The zero-order chi connectivity index (χ0) is 17.8. The van der Waals surface area contributed by atoms with Crippen molar-refractivity contribution in [3.63, 3.8) is 0 Å². The van der Waals surface area contributed by atoms with Crippen LogP contribution in [-0.4, -0.2) is 31.1 Å². The van der Waals surface area contributed by atoms with Gasteiger partial charge in [0.2, 0.25) is 0 Å². The summed E-state index contributed by atoms with van der Waals surface area (Å²) in [7, 11) is 0. The van der Waals surface area contributed by atoms with Crippen LogP contribution in [0.1, 0.15) is 16.5 Å². The van der Waals surface area contributed by atoms with Crippen LogP contribution in [0.4, 0.5) is 0 Å². The summed E-state index contributed by atoms with van der Waals surface area (Å²) < 4.78 is 7.23. The first-order valence-electron chi connectivity index (χ1n) is 8.82. The molecule has 26 heavy (non-hydrogen) atoms. The Morgan fingerprint density at radius 1 is 0.923 bits per heavy atom. The molecule has 0 aliphatic carbocycles. The number of thiophene rings is 1. The van der Waals surface area contributed by atoms with Crippen LogP contribution in [0.15, 0.2) is 70.5 Å². The molecule has 2 aromatic carbocycles. The van der Waals surface area contributed by atoms with Gasteiger partial charge in [0.1, 0.15) is 11.5 Å². The highest BCUT2D eigenvalue weighted by Gasteiger charge is 2.25. The first-order valence-corrected chi connectivity index (χ1v) is 10.4. The quantitative estimate of drug-likeness (QED) is 0.596. The fourth-order valence-electron chi connectivity index (χ4n) is 3.34. The van der Waals surface area contributed by atoms with Crippen LogP contribution in [0.5, 0.6) is 11.5 Å². The van der Waals surface area contributed by atoms with Crippen molar-refractivity contribution in [1.29, 1.82) is 0 Å². The van der Waals surface area contributed by atoms with Crippen molar-refractivity contribution in [2.45, 2.75) is 6.04 Å². The van der Waals surface area contributed by atoms with E-state index in [1.54, 1.807) is 0 Å². The summed E-state index contributed by atoms with van der Waals surface area (Å²) >= 11 is 5.43. The summed E-state index contributed by atoms with van der Waals surface area (Å²) in [6, 6.07) is 23.1. The highest BCUT2D eigenvalue weighted by Crippen LogP contribution is 2.37. The van der Waals surface area contributed by atoms with Gasteiger partial charge in [-0.05, 0) is 57.9 Å². The summed E-state index contributed by atoms with van der Waals surface area (Å²) in [6.45, 7) is 4.15. The monoisotopic (exact) mass is 428 g/mol. The maximum atomic E-state index is 6.06. The number of rotatable bonds is 5. The maximum Gasteiger partial charge on any atom is 0.127 e. The molecule has 134 valence electrons. The SMILES string of the molecule is Brc1ccc(C(c2cccc(Oc3ccccc3)c2)N2CCNCC2)s1. The van der Waals surface area contributed by atoms with E-state index >= 15 is 0 Å². The fraction of sp³-hybridized carbons (Fsp3) is 0.238. The zero-order valence-electron chi connectivity index (χ0n) is 14.4. The number of ether oxygens (including phenoxy) is 1. The number of benzene rings is 2. The standard InChI is InChI=1S/C21H21BrN2OS/c22-20-10-9-19(26-20)21(24-13-11-23-12-14-24)16-5-4-8-18(15-16)25-17-6-2-1-3-7-17/h1-10,15,21,23H,11-14H2. The Hall–Kier alpha value is -1.66. The molecule has 1 aliphatic heterocycles. The van der Waals surface area contributed by atoms with Crippen molar-refractivity contribution >= 4 is 27.3 Å². The van der Waals surface area contributed by atoms with Crippen LogP contribution >= 0.6 is 27.3 Å². The van der Waals surface area contributed by atoms with E-state index in [9.17, 15) is 0 Å². The molecular formula is C21H21BrN2OS. The molecular weight excluding hydrogens is 408 g/mol. The summed E-state index contributed by atoms with van der Waals surface area (Å²) in [5.41, 5.74) is 1.27. The Morgan fingerprint density at radius 2 is 1.69 bits per heavy atom. The predicted molar refractivity (Wildman–Crippen MR) is 111 cm³/mol. The number of nitrogens with one attached hydrogen (secondary N) is 1. The van der Waals surface area contributed by atoms with E-state index in [1.165, 1.54) is 14.2 Å². The molecule has 3 nitrogen and oxygen atoms in total. The van der Waals surface area contributed by atoms with Gasteiger partial charge in [0, 0.05) is 31.1 Å². The number of hydrogen-bond donors (Lipinski definition) is 1. The molecule has 3 aromatic rings. The second kappa shape index (κ2) is 8.35. The summed E-state index contributed by atoms with van der Waals surface area (Å²) in [5.74, 6) is 1.74. The van der Waals surface area contributed by atoms with Gasteiger partial charge in [-0.2, -0.15) is 0 Å². The van der Waals surface area contributed by atoms with Gasteiger partial charge >= 0.3 is 0 Å². The Labute approximate surface area is 166 Å². The average molecular weight is 429 g/mol. The van der Waals surface area contributed by atoms with Crippen molar-refractivity contribution in [2.24, 2.45) is 0 Å². The molecule has 1 fully saturated rings. The van der Waals surface area contributed by atoms with Crippen LogP contribution in [0.2, 0.25) is 0 Å². The molecule has 0 amide bonds. The number of hydrogen-bond acceptors (Lipinski definition) is 4. The molecule has 0 radical (unpaired) electrons. The minimum absolute atomic E-state index is 0.257. The predicted octanol–water partition coefficient (Wildman–Crippen LogP) is 5.30. The number of piperazine rings is 1. The van der Waals surface area contributed by atoms with Crippen molar-refractivity contribution in [3.05, 3.63) is 81.0 Å². The lowest BCUT2D eigenvalue weighted by Gasteiger charge is -2.34. The molecule has 2 heterocycles. The van der Waals surface area contributed by atoms with E-state index < -0.39 is 0 Å². The van der Waals surface area contributed by atoms with Crippen LogP contribution in [0.25, 0.3) is 0 Å². The van der Waals surface area contributed by atoms with Gasteiger partial charge in [0.15, 0.2) is 0 Å². The topological polar surface area (TPSA) is 24.5 Å². The van der Waals surface area contributed by atoms with Gasteiger partial charge in [-0.15, -0.1) is 11.3 Å². The first kappa shape index (κ1) is 17.7. The van der Waals surface area contributed by atoms with Crippen molar-refractivity contribution in [1.82, 2.24) is 10.2 Å². The highest BCUT2D eigenvalue weighted by atomic mass is 79.9. The molecule has 0 bridgehead atoms. The van der Waals surface area contributed by atoms with Crippen LogP contribution in [0, 0.1) is 0 Å². The highest BCUT2D eigenvalue weighted by molar-refractivity contribution is 9.11. The largest absolute Gasteiger partial charge is 0.457 e. The summed E-state index contributed by atoms with van der Waals surface area (Å²) in [5, 5.41) is 3.45. The number of halogens is 1. The molecule has 4 rings (SSSR count). The molecule has 1 aromatic heterocycles. The minimum atomic E-state index is 0.257. The van der Waals surface area contributed by atoms with Gasteiger partial charge in [-0.25, -0.2) is 0 Å². The maximum absolute atomic E-state index is 6.06. The van der Waals surface area contributed by atoms with Crippen molar-refractivity contribution < 1.29 is 4.74 Å². The second-order valence-corrected chi connectivity index (χ2v) is 8.81. The summed E-state index contributed by atoms with van der Waals surface area (Å²) in [6.07, 6.45) is 0. The molecule has 1 atom stereocenters. The van der Waals surface area contributed by atoms with E-state index in [0.717, 1.165) is 37.7 Å². The first-order chi connectivity index (χ1) is 12.8. The van der Waals surface area contributed by atoms with Gasteiger partial charge in [-0.1, -0.05) is 30.3 Å². The fourth-order valence-corrected chi connectivity index (χ4v) is 4.93. The lowest BCUT2D eigenvalue weighted by atomic mass is 10.0. The van der Waals surface area contributed by atoms with E-state index in [-0.39, 0.29) is 6.04 Å². The zero-order valence-corrected chi connectivity index (χ0v) is 16.8. The molecule has 1 saturated heterocycles. The van der Waals surface area contributed by atoms with E-state index in [4.69, 9.17) is 4.74 Å². The van der Waals surface area contributed by atoms with Crippen LogP contribution in [0.3, 0.4) is 0 Å². The van der Waals surface area contributed by atoms with E-state index in [2.05, 4.69) is 56.5 Å². The Morgan fingerprint density at radius 3 is 2.42 bits per heavy atom. The average Bonchev–Trinajstić information content (AvgIpc) is 3.10. The number of nitrogens with zero attached hydrogens (tertiary/aromatic N) is 1. The normalized spacial score (nSPS) is 16.3.